The van der Waals surface area contributed by atoms with Crippen LogP contribution in [0.3, 0.4) is 0 Å². The number of aliphatic imine (C=N–C) groups is 1. The number of aliphatic hydroxyl groups is 1. The molecular formula is C23H21ClF3N3O2. The summed E-state index contributed by atoms with van der Waals surface area (Å²) in [6.45, 7) is 6.71. The van der Waals surface area contributed by atoms with Crippen molar-refractivity contribution in [3.05, 3.63) is 65.6 Å². The number of halogens is 4. The molecule has 0 spiro atoms. The van der Waals surface area contributed by atoms with Crippen LogP contribution in [-0.4, -0.2) is 40.2 Å². The molecule has 0 fully saturated rings. The molecule has 0 radical (unpaired) electrons. The molecule has 5 nitrogen and oxygen atoms in total. The van der Waals surface area contributed by atoms with Crippen molar-refractivity contribution in [3.63, 3.8) is 0 Å². The number of nitrogens with zero attached hydrogens (tertiary/aromatic N) is 3. The Bertz CT molecular complexity index is 1200. The van der Waals surface area contributed by atoms with Crippen molar-refractivity contribution in [3.8, 4) is 5.75 Å². The van der Waals surface area contributed by atoms with Gasteiger partial charge in [-0.05, 0) is 30.7 Å². The van der Waals surface area contributed by atoms with Crippen molar-refractivity contribution < 1.29 is 23.0 Å². The number of alkyl halides is 3. The van der Waals surface area contributed by atoms with E-state index < -0.39 is 17.7 Å². The molecule has 3 rings (SSSR count). The third-order valence-electron chi connectivity index (χ3n) is 5.28. The van der Waals surface area contributed by atoms with Gasteiger partial charge in [0.05, 0.1) is 23.3 Å². The largest absolute Gasteiger partial charge is 0.495 e. The molecule has 1 heterocycles. The van der Waals surface area contributed by atoms with Crippen molar-refractivity contribution in [2.45, 2.75) is 25.6 Å². The molecule has 9 heteroatoms. The number of hydrogen-bond acceptors (Lipinski definition) is 5. The van der Waals surface area contributed by atoms with Crippen molar-refractivity contribution in [1.29, 1.82) is 0 Å². The van der Waals surface area contributed by atoms with E-state index in [0.29, 0.717) is 22.9 Å². The molecule has 1 aromatic heterocycles. The highest BCUT2D eigenvalue weighted by Gasteiger charge is 2.57. The van der Waals surface area contributed by atoms with Gasteiger partial charge < -0.3 is 9.84 Å². The Kier molecular flexibility index (Phi) is 6.57. The van der Waals surface area contributed by atoms with Crippen LogP contribution in [0, 0.1) is 12.8 Å². The Hall–Kier alpha value is -2.97. The van der Waals surface area contributed by atoms with Gasteiger partial charge in [0.2, 0.25) is 5.60 Å². The second kappa shape index (κ2) is 8.88. The summed E-state index contributed by atoms with van der Waals surface area (Å²) in [5, 5.41) is 11.5. The van der Waals surface area contributed by atoms with Crippen LogP contribution in [0.25, 0.3) is 16.5 Å². The van der Waals surface area contributed by atoms with Gasteiger partial charge in [0.15, 0.2) is 0 Å². The fourth-order valence-electron chi connectivity index (χ4n) is 3.31. The standard InChI is InChI=1S/C23H21ClF3N3O2/c1-13(16-7-5-8-18(24)21(16)32-4)14(2)22(31,23(25,26)27)12-29-19-9-6-10-20-17(19)11-28-15(3)30-20/h5-12,14,31H,1H2,2-4H3/b29-12-. The van der Waals surface area contributed by atoms with Crippen LogP contribution >= 0.6 is 11.6 Å². The summed E-state index contributed by atoms with van der Waals surface area (Å²) in [5.74, 6) is -0.813. The number of rotatable bonds is 6. The van der Waals surface area contributed by atoms with Crippen molar-refractivity contribution >= 4 is 40.0 Å². The van der Waals surface area contributed by atoms with Gasteiger partial charge in [-0.15, -0.1) is 0 Å². The first-order valence-corrected chi connectivity index (χ1v) is 9.95. The summed E-state index contributed by atoms with van der Waals surface area (Å²) in [4.78, 5) is 12.3. The van der Waals surface area contributed by atoms with E-state index in [4.69, 9.17) is 16.3 Å². The predicted molar refractivity (Wildman–Crippen MR) is 120 cm³/mol. The third-order valence-corrected chi connectivity index (χ3v) is 5.57. The molecule has 2 atom stereocenters. The fourth-order valence-corrected chi connectivity index (χ4v) is 3.56. The molecule has 168 valence electrons. The zero-order valence-electron chi connectivity index (χ0n) is 17.6. The Labute approximate surface area is 188 Å². The van der Waals surface area contributed by atoms with Gasteiger partial charge in [-0.3, -0.25) is 4.99 Å². The quantitative estimate of drug-likeness (QED) is 0.459. The zero-order chi connectivity index (χ0) is 23.7. The highest BCUT2D eigenvalue weighted by atomic mass is 35.5. The summed E-state index contributed by atoms with van der Waals surface area (Å²) in [6, 6.07) is 9.48. The molecule has 0 saturated carbocycles. The molecule has 0 aliphatic heterocycles. The molecule has 3 aromatic rings. The first kappa shape index (κ1) is 23.7. The van der Waals surface area contributed by atoms with Gasteiger partial charge in [-0.2, -0.15) is 13.2 Å². The minimum Gasteiger partial charge on any atom is -0.495 e. The lowest BCUT2D eigenvalue weighted by Gasteiger charge is -2.34. The second-order valence-corrected chi connectivity index (χ2v) is 7.68. The number of para-hydroxylation sites is 1. The minimum atomic E-state index is -5.04. The minimum absolute atomic E-state index is 0.00694. The molecule has 2 unspecified atom stereocenters. The van der Waals surface area contributed by atoms with Crippen molar-refractivity contribution in [2.75, 3.05) is 7.11 Å². The van der Waals surface area contributed by atoms with Crippen molar-refractivity contribution in [2.24, 2.45) is 10.9 Å². The summed E-state index contributed by atoms with van der Waals surface area (Å²) in [5.41, 5.74) is -2.33. The van der Waals surface area contributed by atoms with Crippen LogP contribution in [0.4, 0.5) is 18.9 Å². The maximum atomic E-state index is 14.1. The first-order valence-electron chi connectivity index (χ1n) is 9.58. The Morgan fingerprint density at radius 2 is 1.94 bits per heavy atom. The fraction of sp³-hybridized carbons (Fsp3) is 0.261. The van der Waals surface area contributed by atoms with E-state index in [1.807, 2.05) is 0 Å². The van der Waals surface area contributed by atoms with Gasteiger partial charge in [0, 0.05) is 29.3 Å². The van der Waals surface area contributed by atoms with E-state index >= 15 is 0 Å². The molecular weight excluding hydrogens is 443 g/mol. The summed E-state index contributed by atoms with van der Waals surface area (Å²) in [6.07, 6.45) is -3.06. The van der Waals surface area contributed by atoms with Gasteiger partial charge in [-0.25, -0.2) is 9.97 Å². The summed E-state index contributed by atoms with van der Waals surface area (Å²) in [7, 11) is 1.35. The molecule has 0 aliphatic carbocycles. The molecule has 0 saturated heterocycles. The van der Waals surface area contributed by atoms with E-state index in [-0.39, 0.29) is 27.6 Å². The lowest BCUT2D eigenvalue weighted by atomic mass is 9.80. The molecule has 0 aliphatic rings. The predicted octanol–water partition coefficient (Wildman–Crippen LogP) is 5.95. The average molecular weight is 464 g/mol. The normalized spacial score (nSPS) is 15.0. The van der Waals surface area contributed by atoms with E-state index in [2.05, 4.69) is 21.5 Å². The summed E-state index contributed by atoms with van der Waals surface area (Å²) >= 11 is 6.10. The van der Waals surface area contributed by atoms with Gasteiger partial charge >= 0.3 is 6.18 Å². The third kappa shape index (κ3) is 4.33. The highest BCUT2D eigenvalue weighted by Crippen LogP contribution is 2.44. The second-order valence-electron chi connectivity index (χ2n) is 7.28. The lowest BCUT2D eigenvalue weighted by molar-refractivity contribution is -0.238. The van der Waals surface area contributed by atoms with Crippen LogP contribution in [0.5, 0.6) is 5.75 Å². The maximum absolute atomic E-state index is 14.1. The smallest absolute Gasteiger partial charge is 0.422 e. The Morgan fingerprint density at radius 3 is 2.59 bits per heavy atom. The zero-order valence-corrected chi connectivity index (χ0v) is 18.4. The molecule has 1 N–H and O–H groups in total. The Morgan fingerprint density at radius 1 is 1.25 bits per heavy atom. The molecule has 32 heavy (non-hydrogen) atoms. The van der Waals surface area contributed by atoms with Gasteiger partial charge in [-0.1, -0.05) is 43.3 Å². The maximum Gasteiger partial charge on any atom is 0.422 e. The van der Waals surface area contributed by atoms with E-state index in [9.17, 15) is 18.3 Å². The number of ether oxygens (including phenoxy) is 1. The van der Waals surface area contributed by atoms with Crippen LogP contribution in [-0.2, 0) is 0 Å². The molecule has 0 bridgehead atoms. The average Bonchev–Trinajstić information content (AvgIpc) is 2.75. The first-order chi connectivity index (χ1) is 15.0. The van der Waals surface area contributed by atoms with Gasteiger partial charge in [0.25, 0.3) is 0 Å². The van der Waals surface area contributed by atoms with Gasteiger partial charge in [0.1, 0.15) is 11.6 Å². The Balaban J connectivity index is 2.06. The van der Waals surface area contributed by atoms with Crippen LogP contribution in [0.1, 0.15) is 18.3 Å². The van der Waals surface area contributed by atoms with Crippen LogP contribution < -0.4 is 4.74 Å². The van der Waals surface area contributed by atoms with E-state index in [1.54, 1.807) is 31.2 Å². The highest BCUT2D eigenvalue weighted by molar-refractivity contribution is 6.32. The molecule has 0 amide bonds. The molecule has 2 aromatic carbocycles. The number of methoxy groups -OCH3 is 1. The van der Waals surface area contributed by atoms with E-state index in [0.717, 1.165) is 0 Å². The summed E-state index contributed by atoms with van der Waals surface area (Å²) < 4.78 is 47.5. The number of hydrogen-bond donors (Lipinski definition) is 1. The number of fused-ring (bicyclic) bond motifs is 1. The number of benzene rings is 2. The monoisotopic (exact) mass is 463 g/mol. The number of aromatic nitrogens is 2. The van der Waals surface area contributed by atoms with E-state index in [1.165, 1.54) is 32.4 Å². The van der Waals surface area contributed by atoms with Crippen molar-refractivity contribution in [1.82, 2.24) is 9.97 Å². The van der Waals surface area contributed by atoms with Crippen LogP contribution in [0.15, 0.2) is 54.2 Å². The van der Waals surface area contributed by atoms with Crippen LogP contribution in [0.2, 0.25) is 5.02 Å². The lowest BCUT2D eigenvalue weighted by Crippen LogP contribution is -2.52. The SMILES string of the molecule is C=C(c1cccc(Cl)c1OC)C(C)C(O)(/C=N\c1cccc2nc(C)ncc12)C(F)(F)F. The number of aryl methyl sites for hydroxylation is 1. The topological polar surface area (TPSA) is 67.6 Å².